The summed E-state index contributed by atoms with van der Waals surface area (Å²) in [5, 5.41) is 5.24. The molecule has 0 aromatic heterocycles. The van der Waals surface area contributed by atoms with Crippen LogP contribution < -0.4 is 15.4 Å². The Hall–Kier alpha value is -1.82. The van der Waals surface area contributed by atoms with Gasteiger partial charge in [0.05, 0.1) is 19.3 Å². The Kier molecular flexibility index (Phi) is 5.57. The van der Waals surface area contributed by atoms with Gasteiger partial charge in [0.1, 0.15) is 11.6 Å². The number of carbonyl (C=O) groups excluding carboxylic acids is 1. The second kappa shape index (κ2) is 6.94. The normalized spacial score (nSPS) is 13.5. The molecule has 1 aromatic rings. The van der Waals surface area contributed by atoms with E-state index >= 15 is 0 Å². The standard InChI is InChI=1S/C13H19FN2O3/c1-8(9(2)18-3)15-13(17)16-11-5-10(14)6-12(7-11)19-4/h5-9H,1-4H3,(H2,15,16,17)/t8-,9-/m0/s1. The van der Waals surface area contributed by atoms with Gasteiger partial charge in [-0.1, -0.05) is 0 Å². The van der Waals surface area contributed by atoms with Crippen LogP contribution in [0.5, 0.6) is 5.75 Å². The number of halogens is 1. The minimum atomic E-state index is -0.479. The molecule has 0 fully saturated rings. The summed E-state index contributed by atoms with van der Waals surface area (Å²) >= 11 is 0. The van der Waals surface area contributed by atoms with Gasteiger partial charge in [0.15, 0.2) is 0 Å². The van der Waals surface area contributed by atoms with Crippen molar-refractivity contribution < 1.29 is 18.7 Å². The lowest BCUT2D eigenvalue weighted by Crippen LogP contribution is -2.42. The van der Waals surface area contributed by atoms with Crippen molar-refractivity contribution in [3.8, 4) is 5.75 Å². The summed E-state index contributed by atoms with van der Waals surface area (Å²) in [6.45, 7) is 3.66. The molecule has 0 saturated carbocycles. The van der Waals surface area contributed by atoms with Crippen molar-refractivity contribution in [3.63, 3.8) is 0 Å². The molecule has 106 valence electrons. The van der Waals surface area contributed by atoms with Gasteiger partial charge in [0, 0.05) is 24.9 Å². The molecule has 6 heteroatoms. The second-order valence-electron chi connectivity index (χ2n) is 4.21. The summed E-state index contributed by atoms with van der Waals surface area (Å²) in [5.41, 5.74) is 0.326. The lowest BCUT2D eigenvalue weighted by molar-refractivity contribution is 0.0920. The smallest absolute Gasteiger partial charge is 0.319 e. The van der Waals surface area contributed by atoms with E-state index in [9.17, 15) is 9.18 Å². The van der Waals surface area contributed by atoms with Crippen LogP contribution in [0.2, 0.25) is 0 Å². The number of amides is 2. The van der Waals surface area contributed by atoms with E-state index in [0.717, 1.165) is 0 Å². The van der Waals surface area contributed by atoms with Crippen molar-refractivity contribution in [2.24, 2.45) is 0 Å². The van der Waals surface area contributed by atoms with Gasteiger partial charge in [-0.3, -0.25) is 0 Å². The minimum absolute atomic E-state index is 0.118. The average Bonchev–Trinajstić information content (AvgIpc) is 2.36. The molecule has 19 heavy (non-hydrogen) atoms. The van der Waals surface area contributed by atoms with Crippen LogP contribution in [0.15, 0.2) is 18.2 Å². The maximum absolute atomic E-state index is 13.2. The topological polar surface area (TPSA) is 59.6 Å². The highest BCUT2D eigenvalue weighted by Crippen LogP contribution is 2.19. The number of anilines is 1. The van der Waals surface area contributed by atoms with Crippen LogP contribution in [-0.2, 0) is 4.74 Å². The molecule has 0 unspecified atom stereocenters. The average molecular weight is 270 g/mol. The van der Waals surface area contributed by atoms with Crippen molar-refractivity contribution in [1.82, 2.24) is 5.32 Å². The number of nitrogens with one attached hydrogen (secondary N) is 2. The molecule has 0 aliphatic heterocycles. The zero-order valence-corrected chi connectivity index (χ0v) is 11.5. The van der Waals surface area contributed by atoms with Gasteiger partial charge < -0.3 is 20.1 Å². The Balaban J connectivity index is 2.64. The van der Waals surface area contributed by atoms with Gasteiger partial charge in [-0.15, -0.1) is 0 Å². The summed E-state index contributed by atoms with van der Waals surface area (Å²) in [6, 6.07) is 3.39. The third kappa shape index (κ3) is 4.75. The minimum Gasteiger partial charge on any atom is -0.497 e. The summed E-state index contributed by atoms with van der Waals surface area (Å²) < 4.78 is 23.3. The lowest BCUT2D eigenvalue weighted by Gasteiger charge is -2.20. The van der Waals surface area contributed by atoms with Crippen molar-refractivity contribution in [2.75, 3.05) is 19.5 Å². The Labute approximate surface area is 112 Å². The van der Waals surface area contributed by atoms with Crippen LogP contribution in [0.1, 0.15) is 13.8 Å². The molecule has 0 saturated heterocycles. The lowest BCUT2D eigenvalue weighted by atomic mass is 10.2. The van der Waals surface area contributed by atoms with Gasteiger partial charge in [-0.25, -0.2) is 9.18 Å². The van der Waals surface area contributed by atoms with Crippen LogP contribution in [0.3, 0.4) is 0 Å². The fourth-order valence-corrected chi connectivity index (χ4v) is 1.45. The molecule has 2 N–H and O–H groups in total. The SMILES string of the molecule is COc1cc(F)cc(NC(=O)N[C@@H](C)[C@H](C)OC)c1. The number of hydrogen-bond donors (Lipinski definition) is 2. The van der Waals surface area contributed by atoms with Crippen LogP contribution >= 0.6 is 0 Å². The predicted octanol–water partition coefficient (Wildman–Crippen LogP) is 2.38. The highest BCUT2D eigenvalue weighted by atomic mass is 19.1. The summed E-state index contributed by atoms with van der Waals surface area (Å²) in [4.78, 5) is 11.7. The Bertz CT molecular complexity index is 440. The molecular formula is C13H19FN2O3. The van der Waals surface area contributed by atoms with Gasteiger partial charge in [0.2, 0.25) is 0 Å². The third-order valence-electron chi connectivity index (χ3n) is 2.80. The van der Waals surface area contributed by atoms with Crippen LogP contribution in [0.25, 0.3) is 0 Å². The van der Waals surface area contributed by atoms with E-state index in [0.29, 0.717) is 11.4 Å². The number of benzene rings is 1. The van der Waals surface area contributed by atoms with Gasteiger partial charge >= 0.3 is 6.03 Å². The molecule has 0 heterocycles. The van der Waals surface area contributed by atoms with Gasteiger partial charge in [-0.2, -0.15) is 0 Å². The van der Waals surface area contributed by atoms with E-state index in [2.05, 4.69) is 10.6 Å². The molecule has 5 nitrogen and oxygen atoms in total. The second-order valence-corrected chi connectivity index (χ2v) is 4.21. The van der Waals surface area contributed by atoms with Crippen molar-refractivity contribution in [3.05, 3.63) is 24.0 Å². The third-order valence-corrected chi connectivity index (χ3v) is 2.80. The molecule has 1 aromatic carbocycles. The Morgan fingerprint density at radius 1 is 1.26 bits per heavy atom. The molecule has 0 spiro atoms. The van der Waals surface area contributed by atoms with E-state index in [1.54, 1.807) is 7.11 Å². The summed E-state index contributed by atoms with van der Waals surface area (Å²) in [5.74, 6) is -0.137. The number of rotatable bonds is 5. The van der Waals surface area contributed by atoms with E-state index in [4.69, 9.17) is 9.47 Å². The van der Waals surface area contributed by atoms with E-state index < -0.39 is 11.8 Å². The number of hydrogen-bond acceptors (Lipinski definition) is 3. The van der Waals surface area contributed by atoms with Crippen LogP contribution in [0.4, 0.5) is 14.9 Å². The molecule has 2 amide bonds. The van der Waals surface area contributed by atoms with Crippen molar-refractivity contribution >= 4 is 11.7 Å². The maximum Gasteiger partial charge on any atom is 0.319 e. The van der Waals surface area contributed by atoms with Crippen LogP contribution in [0, 0.1) is 5.82 Å². The van der Waals surface area contributed by atoms with Crippen LogP contribution in [-0.4, -0.2) is 32.4 Å². The number of urea groups is 1. The van der Waals surface area contributed by atoms with E-state index in [-0.39, 0.29) is 12.1 Å². The maximum atomic E-state index is 13.2. The summed E-state index contributed by atoms with van der Waals surface area (Å²) in [7, 11) is 3.00. The zero-order chi connectivity index (χ0) is 14.4. The van der Waals surface area contributed by atoms with E-state index in [1.807, 2.05) is 13.8 Å². The zero-order valence-electron chi connectivity index (χ0n) is 11.5. The highest BCUT2D eigenvalue weighted by Gasteiger charge is 2.14. The van der Waals surface area contributed by atoms with Gasteiger partial charge in [0.25, 0.3) is 0 Å². The number of carbonyl (C=O) groups is 1. The first-order valence-electron chi connectivity index (χ1n) is 5.91. The van der Waals surface area contributed by atoms with Gasteiger partial charge in [-0.05, 0) is 19.9 Å². The quantitative estimate of drug-likeness (QED) is 0.863. The highest BCUT2D eigenvalue weighted by molar-refractivity contribution is 5.89. The Morgan fingerprint density at radius 3 is 2.53 bits per heavy atom. The molecule has 2 atom stereocenters. The van der Waals surface area contributed by atoms with Crippen molar-refractivity contribution in [2.45, 2.75) is 26.0 Å². The molecule has 0 bridgehead atoms. The fraction of sp³-hybridized carbons (Fsp3) is 0.462. The molecular weight excluding hydrogens is 251 g/mol. The predicted molar refractivity (Wildman–Crippen MR) is 71.0 cm³/mol. The number of methoxy groups -OCH3 is 2. The summed E-state index contributed by atoms with van der Waals surface area (Å²) in [6.07, 6.45) is -0.118. The molecule has 0 aliphatic carbocycles. The molecule has 0 aliphatic rings. The monoisotopic (exact) mass is 270 g/mol. The first kappa shape index (κ1) is 15.2. The first-order valence-corrected chi connectivity index (χ1v) is 5.91. The fourth-order valence-electron chi connectivity index (χ4n) is 1.45. The largest absolute Gasteiger partial charge is 0.497 e. The Morgan fingerprint density at radius 2 is 1.95 bits per heavy atom. The first-order chi connectivity index (χ1) is 8.96. The molecule has 1 rings (SSSR count). The van der Waals surface area contributed by atoms with E-state index in [1.165, 1.54) is 25.3 Å². The number of ether oxygens (including phenoxy) is 2. The molecule has 0 radical (unpaired) electrons. The van der Waals surface area contributed by atoms with Crippen molar-refractivity contribution in [1.29, 1.82) is 0 Å².